The molecule has 25 heavy (non-hydrogen) atoms. The van der Waals surface area contributed by atoms with Crippen molar-refractivity contribution in [3.05, 3.63) is 65.4 Å². The number of carbonyl (C=O) groups excluding carboxylic acids is 2. The number of hydrogen-bond acceptors (Lipinski definition) is 4. The van der Waals surface area contributed by atoms with Crippen LogP contribution in [0.5, 0.6) is 5.75 Å². The number of aromatic nitrogens is 1. The summed E-state index contributed by atoms with van der Waals surface area (Å²) in [6.07, 6.45) is -0.892. The van der Waals surface area contributed by atoms with E-state index in [1.165, 1.54) is 7.11 Å². The zero-order valence-corrected chi connectivity index (χ0v) is 14.3. The second-order valence-corrected chi connectivity index (χ2v) is 5.81. The number of aromatic amines is 1. The lowest BCUT2D eigenvalue weighted by Crippen LogP contribution is -2.24. The van der Waals surface area contributed by atoms with Gasteiger partial charge < -0.3 is 14.5 Å². The lowest BCUT2D eigenvalue weighted by atomic mass is 10.0. The maximum atomic E-state index is 12.8. The number of carbonyl (C=O) groups is 2. The summed E-state index contributed by atoms with van der Waals surface area (Å²) >= 11 is 0. The molecule has 5 nitrogen and oxygen atoms in total. The Morgan fingerprint density at radius 2 is 1.84 bits per heavy atom. The molecule has 3 rings (SSSR count). The standard InChI is InChI=1S/C20H19NO4/c1-12-18(16-9-4-5-10-17(16)21-12)19(22)13(2)25-20(23)14-7-6-8-15(11-14)24-3/h4-11,13,21H,1-3H3/t13-/m1/s1. The van der Waals surface area contributed by atoms with E-state index in [4.69, 9.17) is 9.47 Å². The first-order valence-electron chi connectivity index (χ1n) is 7.98. The maximum absolute atomic E-state index is 12.8. The normalized spacial score (nSPS) is 12.0. The number of esters is 1. The number of benzene rings is 2. The van der Waals surface area contributed by atoms with Gasteiger partial charge in [-0.2, -0.15) is 0 Å². The fourth-order valence-electron chi connectivity index (χ4n) is 2.83. The molecule has 1 aromatic heterocycles. The van der Waals surface area contributed by atoms with Crippen molar-refractivity contribution in [1.29, 1.82) is 0 Å². The van der Waals surface area contributed by atoms with Crippen LogP contribution in [0.15, 0.2) is 48.5 Å². The van der Waals surface area contributed by atoms with Crippen molar-refractivity contribution in [2.24, 2.45) is 0 Å². The molecule has 0 saturated heterocycles. The Balaban J connectivity index is 1.82. The third-order valence-electron chi connectivity index (χ3n) is 4.10. The Labute approximate surface area is 145 Å². The average molecular weight is 337 g/mol. The Bertz CT molecular complexity index is 942. The van der Waals surface area contributed by atoms with Crippen molar-refractivity contribution in [2.75, 3.05) is 7.11 Å². The van der Waals surface area contributed by atoms with Crippen LogP contribution >= 0.6 is 0 Å². The Morgan fingerprint density at radius 1 is 1.08 bits per heavy atom. The summed E-state index contributed by atoms with van der Waals surface area (Å²) in [5.74, 6) is -0.232. The molecule has 0 bridgehead atoms. The van der Waals surface area contributed by atoms with Gasteiger partial charge >= 0.3 is 5.97 Å². The molecule has 0 radical (unpaired) electrons. The van der Waals surface area contributed by atoms with Crippen LogP contribution in [0, 0.1) is 6.92 Å². The van der Waals surface area contributed by atoms with Crippen molar-refractivity contribution >= 4 is 22.7 Å². The van der Waals surface area contributed by atoms with E-state index in [1.807, 2.05) is 31.2 Å². The second kappa shape index (κ2) is 6.81. The molecule has 0 saturated carbocycles. The van der Waals surface area contributed by atoms with Crippen molar-refractivity contribution in [3.63, 3.8) is 0 Å². The Hall–Kier alpha value is -3.08. The van der Waals surface area contributed by atoms with Crippen LogP contribution in [-0.2, 0) is 4.74 Å². The molecule has 1 N–H and O–H groups in total. The second-order valence-electron chi connectivity index (χ2n) is 5.81. The largest absolute Gasteiger partial charge is 0.497 e. The number of para-hydroxylation sites is 1. The van der Waals surface area contributed by atoms with Crippen LogP contribution in [0.1, 0.15) is 33.3 Å². The molecule has 5 heteroatoms. The maximum Gasteiger partial charge on any atom is 0.338 e. The van der Waals surface area contributed by atoms with E-state index in [-0.39, 0.29) is 5.78 Å². The summed E-state index contributed by atoms with van der Waals surface area (Å²) in [5, 5.41) is 0.828. The smallest absolute Gasteiger partial charge is 0.338 e. The first-order valence-corrected chi connectivity index (χ1v) is 7.98. The third kappa shape index (κ3) is 3.26. The van der Waals surface area contributed by atoms with E-state index < -0.39 is 12.1 Å². The number of fused-ring (bicyclic) bond motifs is 1. The van der Waals surface area contributed by atoms with Gasteiger partial charge in [-0.05, 0) is 38.1 Å². The highest BCUT2D eigenvalue weighted by Gasteiger charge is 2.24. The number of methoxy groups -OCH3 is 1. The van der Waals surface area contributed by atoms with Gasteiger partial charge in [-0.15, -0.1) is 0 Å². The van der Waals surface area contributed by atoms with Crippen LogP contribution < -0.4 is 4.74 Å². The van der Waals surface area contributed by atoms with Gasteiger partial charge in [0.25, 0.3) is 0 Å². The number of ketones is 1. The Kier molecular flexibility index (Phi) is 4.57. The van der Waals surface area contributed by atoms with Crippen molar-refractivity contribution in [3.8, 4) is 5.75 Å². The number of rotatable bonds is 5. The molecule has 128 valence electrons. The fourth-order valence-corrected chi connectivity index (χ4v) is 2.83. The molecule has 0 unspecified atom stereocenters. The highest BCUT2D eigenvalue weighted by Crippen LogP contribution is 2.24. The monoisotopic (exact) mass is 337 g/mol. The minimum absolute atomic E-state index is 0.230. The van der Waals surface area contributed by atoms with Gasteiger partial charge in [0.15, 0.2) is 6.10 Å². The van der Waals surface area contributed by atoms with Gasteiger partial charge in [-0.1, -0.05) is 24.3 Å². The summed E-state index contributed by atoms with van der Waals surface area (Å²) in [6.45, 7) is 3.42. The lowest BCUT2D eigenvalue weighted by Gasteiger charge is -2.13. The molecule has 0 spiro atoms. The minimum atomic E-state index is -0.892. The number of ether oxygens (including phenoxy) is 2. The van der Waals surface area contributed by atoms with Gasteiger partial charge in [0.2, 0.25) is 5.78 Å². The van der Waals surface area contributed by atoms with Gasteiger partial charge in [0.05, 0.1) is 12.7 Å². The molecule has 1 heterocycles. The van der Waals surface area contributed by atoms with Gasteiger partial charge in [-0.25, -0.2) is 4.79 Å². The summed E-state index contributed by atoms with van der Waals surface area (Å²) < 4.78 is 10.5. The average Bonchev–Trinajstić information content (AvgIpc) is 2.96. The zero-order valence-electron chi connectivity index (χ0n) is 14.3. The highest BCUT2D eigenvalue weighted by molar-refractivity contribution is 6.11. The number of aryl methyl sites for hydroxylation is 1. The minimum Gasteiger partial charge on any atom is -0.497 e. The number of hydrogen-bond donors (Lipinski definition) is 1. The molecular formula is C20H19NO4. The predicted octanol–water partition coefficient (Wildman–Crippen LogP) is 3.91. The SMILES string of the molecule is COc1cccc(C(=O)O[C@H](C)C(=O)c2c(C)[nH]c3ccccc23)c1. The summed E-state index contributed by atoms with van der Waals surface area (Å²) in [7, 11) is 1.52. The van der Waals surface area contributed by atoms with E-state index in [1.54, 1.807) is 31.2 Å². The molecule has 0 amide bonds. The van der Waals surface area contributed by atoms with E-state index in [2.05, 4.69) is 4.98 Å². The summed E-state index contributed by atoms with van der Waals surface area (Å²) in [5.41, 5.74) is 2.54. The van der Waals surface area contributed by atoms with Gasteiger partial charge in [0, 0.05) is 22.2 Å². The topological polar surface area (TPSA) is 68.4 Å². The number of Topliss-reactive ketones (excluding diaryl/α,β-unsaturated/α-hetero) is 1. The molecule has 0 aliphatic rings. The van der Waals surface area contributed by atoms with Crippen LogP contribution in [0.25, 0.3) is 10.9 Å². The van der Waals surface area contributed by atoms with Gasteiger partial charge in [-0.3, -0.25) is 4.79 Å². The number of H-pyrrole nitrogens is 1. The van der Waals surface area contributed by atoms with Crippen LogP contribution in [0.4, 0.5) is 0 Å². The zero-order chi connectivity index (χ0) is 18.0. The third-order valence-corrected chi connectivity index (χ3v) is 4.10. The molecule has 0 aliphatic heterocycles. The van der Waals surface area contributed by atoms with Crippen LogP contribution in [0.2, 0.25) is 0 Å². The molecule has 0 fully saturated rings. The van der Waals surface area contributed by atoms with Crippen molar-refractivity contribution in [1.82, 2.24) is 4.98 Å². The molecule has 1 atom stereocenters. The number of nitrogens with one attached hydrogen (secondary N) is 1. The first-order chi connectivity index (χ1) is 12.0. The first kappa shape index (κ1) is 16.8. The lowest BCUT2D eigenvalue weighted by molar-refractivity contribution is 0.0319. The summed E-state index contributed by atoms with van der Waals surface area (Å²) in [4.78, 5) is 28.3. The molecule has 0 aliphatic carbocycles. The van der Waals surface area contributed by atoms with E-state index in [0.29, 0.717) is 16.9 Å². The highest BCUT2D eigenvalue weighted by atomic mass is 16.5. The van der Waals surface area contributed by atoms with E-state index in [0.717, 1.165) is 16.6 Å². The van der Waals surface area contributed by atoms with E-state index >= 15 is 0 Å². The van der Waals surface area contributed by atoms with E-state index in [9.17, 15) is 9.59 Å². The fraction of sp³-hybridized carbons (Fsp3) is 0.200. The van der Waals surface area contributed by atoms with Crippen LogP contribution in [-0.4, -0.2) is 30.0 Å². The Morgan fingerprint density at radius 3 is 2.60 bits per heavy atom. The van der Waals surface area contributed by atoms with Crippen molar-refractivity contribution in [2.45, 2.75) is 20.0 Å². The molecule has 2 aromatic carbocycles. The van der Waals surface area contributed by atoms with Gasteiger partial charge in [0.1, 0.15) is 5.75 Å². The predicted molar refractivity (Wildman–Crippen MR) is 95.2 cm³/mol. The summed E-state index contributed by atoms with van der Waals surface area (Å²) in [6, 6.07) is 14.2. The molecular weight excluding hydrogens is 318 g/mol. The van der Waals surface area contributed by atoms with Crippen molar-refractivity contribution < 1.29 is 19.1 Å². The van der Waals surface area contributed by atoms with Crippen LogP contribution in [0.3, 0.4) is 0 Å². The quantitative estimate of drug-likeness (QED) is 0.566. The molecule has 3 aromatic rings.